The van der Waals surface area contributed by atoms with E-state index in [-0.39, 0.29) is 24.2 Å². The fourth-order valence-electron chi connectivity index (χ4n) is 3.75. The molecule has 1 saturated heterocycles. The zero-order valence-corrected chi connectivity index (χ0v) is 12.0. The van der Waals surface area contributed by atoms with Gasteiger partial charge in [0, 0.05) is 17.9 Å². The maximum absolute atomic E-state index is 11.7. The van der Waals surface area contributed by atoms with Crippen molar-refractivity contribution >= 4 is 11.9 Å². The van der Waals surface area contributed by atoms with E-state index in [1.807, 2.05) is 6.92 Å². The normalized spacial score (nSPS) is 41.0. The summed E-state index contributed by atoms with van der Waals surface area (Å²) < 4.78 is 5.32. The van der Waals surface area contributed by atoms with E-state index in [2.05, 4.69) is 6.58 Å². The highest BCUT2D eigenvalue weighted by atomic mass is 16.6. The second-order valence-corrected chi connectivity index (χ2v) is 6.28. The van der Waals surface area contributed by atoms with Crippen LogP contribution in [0.1, 0.15) is 39.5 Å². The molecule has 1 aliphatic heterocycles. The molecule has 2 aliphatic rings. The molecule has 112 valence electrons. The minimum Gasteiger partial charge on any atom is -0.481 e. The number of carbonyl (C=O) groups is 2. The van der Waals surface area contributed by atoms with Gasteiger partial charge in [0.15, 0.2) is 0 Å². The molecule has 0 aromatic heterocycles. The molecular formula is C15H22O5. The molecule has 0 aromatic carbocycles. The molecule has 1 aliphatic carbocycles. The average molecular weight is 282 g/mol. The van der Waals surface area contributed by atoms with Gasteiger partial charge in [-0.3, -0.25) is 4.79 Å². The van der Waals surface area contributed by atoms with Crippen molar-refractivity contribution in [2.24, 2.45) is 17.8 Å². The molecule has 20 heavy (non-hydrogen) atoms. The largest absolute Gasteiger partial charge is 0.481 e. The maximum atomic E-state index is 11.7. The van der Waals surface area contributed by atoms with Crippen LogP contribution >= 0.6 is 0 Å². The number of ether oxygens (including phenoxy) is 1. The van der Waals surface area contributed by atoms with Crippen LogP contribution in [0, 0.1) is 17.8 Å². The predicted molar refractivity (Wildman–Crippen MR) is 71.9 cm³/mol. The van der Waals surface area contributed by atoms with Crippen molar-refractivity contribution in [2.75, 3.05) is 0 Å². The minimum absolute atomic E-state index is 0.0113. The molecule has 1 heterocycles. The highest BCUT2D eigenvalue weighted by molar-refractivity contribution is 5.91. The summed E-state index contributed by atoms with van der Waals surface area (Å²) in [5.74, 6) is -1.49. The molecule has 5 atom stereocenters. The Hall–Kier alpha value is -1.36. The lowest BCUT2D eigenvalue weighted by Gasteiger charge is -2.38. The molecule has 5 nitrogen and oxygen atoms in total. The van der Waals surface area contributed by atoms with E-state index in [4.69, 9.17) is 9.84 Å². The zero-order valence-electron chi connectivity index (χ0n) is 12.0. The van der Waals surface area contributed by atoms with E-state index < -0.39 is 23.6 Å². The zero-order chi connectivity index (χ0) is 15.1. The standard InChI is InChI=1S/C15H22O5/c1-8-4-5-10-9(2)14(18)20-13(10)15(3,19)11(8)6-7-12(16)17/h8,10-11,13,19H,2,4-7H2,1,3H3,(H,16,17)/t8-,10-,11-,13+,15-/m0/s1. The quantitative estimate of drug-likeness (QED) is 0.608. The smallest absolute Gasteiger partial charge is 0.334 e. The first-order valence-corrected chi connectivity index (χ1v) is 7.09. The van der Waals surface area contributed by atoms with Crippen molar-refractivity contribution in [3.63, 3.8) is 0 Å². The van der Waals surface area contributed by atoms with Gasteiger partial charge in [-0.2, -0.15) is 0 Å². The molecule has 0 unspecified atom stereocenters. The van der Waals surface area contributed by atoms with E-state index in [0.717, 1.165) is 12.8 Å². The Morgan fingerprint density at radius 1 is 1.50 bits per heavy atom. The van der Waals surface area contributed by atoms with Gasteiger partial charge in [0.2, 0.25) is 0 Å². The topological polar surface area (TPSA) is 83.8 Å². The van der Waals surface area contributed by atoms with Crippen LogP contribution in [0.2, 0.25) is 0 Å². The molecular weight excluding hydrogens is 260 g/mol. The molecule has 0 radical (unpaired) electrons. The van der Waals surface area contributed by atoms with Crippen LogP contribution in [0.3, 0.4) is 0 Å². The van der Waals surface area contributed by atoms with E-state index in [0.29, 0.717) is 12.0 Å². The summed E-state index contributed by atoms with van der Waals surface area (Å²) >= 11 is 0. The number of aliphatic carboxylic acids is 1. The SMILES string of the molecule is C=C1C(=O)O[C@@H]2[C@H]1CC[C@H](C)[C@H](CCC(=O)O)[C@]2(C)O. The summed E-state index contributed by atoms with van der Waals surface area (Å²) in [5, 5.41) is 19.8. The molecule has 0 spiro atoms. The first-order chi connectivity index (χ1) is 9.25. The van der Waals surface area contributed by atoms with Crippen molar-refractivity contribution in [3.8, 4) is 0 Å². The number of carboxylic acids is 1. The predicted octanol–water partition coefficient (Wildman–Crippen LogP) is 1.75. The second kappa shape index (κ2) is 5.20. The molecule has 5 heteroatoms. The number of carboxylic acid groups (broad SMARTS) is 1. The Kier molecular flexibility index (Phi) is 3.91. The third-order valence-electron chi connectivity index (χ3n) is 4.93. The number of rotatable bonds is 3. The molecule has 1 saturated carbocycles. The second-order valence-electron chi connectivity index (χ2n) is 6.28. The highest BCUT2D eigenvalue weighted by Crippen LogP contribution is 2.47. The van der Waals surface area contributed by atoms with E-state index >= 15 is 0 Å². The number of hydrogen-bond acceptors (Lipinski definition) is 4. The Balaban J connectivity index is 2.26. The van der Waals surface area contributed by atoms with Gasteiger partial charge in [-0.25, -0.2) is 4.79 Å². The Labute approximate surface area is 118 Å². The van der Waals surface area contributed by atoms with Crippen LogP contribution in [0.4, 0.5) is 0 Å². The highest BCUT2D eigenvalue weighted by Gasteiger charge is 2.54. The van der Waals surface area contributed by atoms with Crippen LogP contribution in [-0.4, -0.2) is 33.9 Å². The van der Waals surface area contributed by atoms with Crippen molar-refractivity contribution in [2.45, 2.75) is 51.2 Å². The van der Waals surface area contributed by atoms with Crippen LogP contribution in [0.15, 0.2) is 12.2 Å². The van der Waals surface area contributed by atoms with E-state index in [9.17, 15) is 14.7 Å². The van der Waals surface area contributed by atoms with Gasteiger partial charge in [0.1, 0.15) is 11.7 Å². The van der Waals surface area contributed by atoms with Crippen LogP contribution < -0.4 is 0 Å². The number of esters is 1. The fourth-order valence-corrected chi connectivity index (χ4v) is 3.75. The number of hydrogen-bond donors (Lipinski definition) is 2. The van der Waals surface area contributed by atoms with Crippen LogP contribution in [0.25, 0.3) is 0 Å². The van der Waals surface area contributed by atoms with Gasteiger partial charge in [0.25, 0.3) is 0 Å². The third-order valence-corrected chi connectivity index (χ3v) is 4.93. The van der Waals surface area contributed by atoms with Crippen molar-refractivity contribution in [1.29, 1.82) is 0 Å². The minimum atomic E-state index is -1.22. The van der Waals surface area contributed by atoms with Gasteiger partial charge in [-0.15, -0.1) is 0 Å². The summed E-state index contributed by atoms with van der Waals surface area (Å²) in [7, 11) is 0. The van der Waals surface area contributed by atoms with Gasteiger partial charge in [-0.05, 0) is 38.0 Å². The maximum Gasteiger partial charge on any atom is 0.334 e. The Morgan fingerprint density at radius 3 is 2.75 bits per heavy atom. The number of fused-ring (bicyclic) bond motifs is 1. The lowest BCUT2D eigenvalue weighted by molar-refractivity contribution is -0.162. The molecule has 2 rings (SSSR count). The average Bonchev–Trinajstić information content (AvgIpc) is 2.58. The number of carbonyl (C=O) groups excluding carboxylic acids is 1. The van der Waals surface area contributed by atoms with Crippen molar-refractivity contribution < 1.29 is 24.5 Å². The summed E-state index contributed by atoms with van der Waals surface area (Å²) in [6, 6.07) is 0. The van der Waals surface area contributed by atoms with Gasteiger partial charge in [-0.1, -0.05) is 13.5 Å². The Morgan fingerprint density at radius 2 is 2.15 bits per heavy atom. The van der Waals surface area contributed by atoms with Crippen molar-refractivity contribution in [3.05, 3.63) is 12.2 Å². The van der Waals surface area contributed by atoms with Crippen LogP contribution in [0.5, 0.6) is 0 Å². The molecule has 0 amide bonds. The molecule has 2 fully saturated rings. The fraction of sp³-hybridized carbons (Fsp3) is 0.733. The first-order valence-electron chi connectivity index (χ1n) is 7.09. The first kappa shape index (κ1) is 15.0. The van der Waals surface area contributed by atoms with Gasteiger partial charge >= 0.3 is 11.9 Å². The molecule has 2 N–H and O–H groups in total. The summed E-state index contributed by atoms with van der Waals surface area (Å²) in [6.45, 7) is 7.45. The van der Waals surface area contributed by atoms with E-state index in [1.54, 1.807) is 6.92 Å². The van der Waals surface area contributed by atoms with Gasteiger partial charge < -0.3 is 14.9 Å². The summed E-state index contributed by atoms with van der Waals surface area (Å²) in [6.07, 6.45) is 1.37. The summed E-state index contributed by atoms with van der Waals surface area (Å²) in [5.41, 5.74) is -0.785. The third kappa shape index (κ3) is 2.46. The molecule has 0 aromatic rings. The lowest BCUT2D eigenvalue weighted by atomic mass is 9.74. The lowest BCUT2D eigenvalue weighted by Crippen LogP contribution is -2.49. The summed E-state index contributed by atoms with van der Waals surface area (Å²) in [4.78, 5) is 22.5. The van der Waals surface area contributed by atoms with E-state index in [1.165, 1.54) is 0 Å². The van der Waals surface area contributed by atoms with Crippen molar-refractivity contribution in [1.82, 2.24) is 0 Å². The number of aliphatic hydroxyl groups is 1. The Bertz CT molecular complexity index is 440. The monoisotopic (exact) mass is 282 g/mol. The molecule has 0 bridgehead atoms. The van der Waals surface area contributed by atoms with Crippen LogP contribution in [-0.2, 0) is 14.3 Å². The van der Waals surface area contributed by atoms with Gasteiger partial charge in [0.05, 0.1) is 0 Å².